The molecule has 0 aliphatic carbocycles. The van der Waals surface area contributed by atoms with Crippen molar-refractivity contribution in [1.82, 2.24) is 14.6 Å². The molecule has 2 aromatic carbocycles. The van der Waals surface area contributed by atoms with Crippen LogP contribution in [0.1, 0.15) is 23.1 Å². The minimum atomic E-state index is -3.76. The summed E-state index contributed by atoms with van der Waals surface area (Å²) in [5.74, 6) is -0.340. The van der Waals surface area contributed by atoms with Gasteiger partial charge in [-0.05, 0) is 62.6 Å². The number of aryl methyl sites for hydroxylation is 3. The summed E-state index contributed by atoms with van der Waals surface area (Å²) in [7, 11) is -2.34. The molecule has 0 atom stereocenters. The molecule has 176 valence electrons. The maximum Gasteiger partial charge on any atom is 0.243 e. The van der Waals surface area contributed by atoms with Crippen LogP contribution < -0.4 is 10.6 Å². The summed E-state index contributed by atoms with van der Waals surface area (Å²) in [5, 5.41) is 7.74. The molecule has 0 fully saturated rings. The predicted octanol–water partition coefficient (Wildman–Crippen LogP) is 4.05. The molecule has 0 bridgehead atoms. The number of fused-ring (bicyclic) bond motifs is 1. The number of likely N-dealkylation sites (N-methyl/N-ethyl adjacent to an activating group) is 1. The highest BCUT2D eigenvalue weighted by Crippen LogP contribution is 2.25. The van der Waals surface area contributed by atoms with E-state index >= 15 is 0 Å². The number of anilines is 1. The standard InChI is InChI=1S/C24H29ClN4O3S/c1-16-12-17(2)24(18(3)13-16)33(31,32)29(4)15-23(30)28-10-5-9-26-21-8-11-27-22-14-19(25)6-7-20(21)22/h6-8,11-14H,5,9-10,15H2,1-4H3,(H,26,27)(H,28,30). The lowest BCUT2D eigenvalue weighted by atomic mass is 10.1. The predicted molar refractivity (Wildman–Crippen MR) is 133 cm³/mol. The van der Waals surface area contributed by atoms with Gasteiger partial charge in [0.2, 0.25) is 15.9 Å². The molecule has 9 heteroatoms. The maximum atomic E-state index is 13.0. The third-order valence-corrected chi connectivity index (χ3v) is 7.68. The largest absolute Gasteiger partial charge is 0.384 e. The fourth-order valence-electron chi connectivity index (χ4n) is 3.89. The zero-order chi connectivity index (χ0) is 24.2. The van der Waals surface area contributed by atoms with Crippen molar-refractivity contribution >= 4 is 44.1 Å². The number of aromatic nitrogens is 1. The molecule has 1 aromatic heterocycles. The zero-order valence-electron chi connectivity index (χ0n) is 19.3. The summed E-state index contributed by atoms with van der Waals surface area (Å²) in [5.41, 5.74) is 4.11. The lowest BCUT2D eigenvalue weighted by Gasteiger charge is -2.20. The number of carbonyl (C=O) groups excluding carboxylic acids is 1. The highest BCUT2D eigenvalue weighted by atomic mass is 35.5. The van der Waals surface area contributed by atoms with Crippen molar-refractivity contribution in [3.63, 3.8) is 0 Å². The van der Waals surface area contributed by atoms with Gasteiger partial charge in [0.15, 0.2) is 0 Å². The van der Waals surface area contributed by atoms with Crippen molar-refractivity contribution in [1.29, 1.82) is 0 Å². The minimum Gasteiger partial charge on any atom is -0.384 e. The molecule has 0 aliphatic heterocycles. The SMILES string of the molecule is Cc1cc(C)c(S(=O)(=O)N(C)CC(=O)NCCCNc2ccnc3cc(Cl)ccc23)c(C)c1. The van der Waals surface area contributed by atoms with E-state index in [1.807, 2.05) is 43.3 Å². The number of sulfonamides is 1. The number of hydrogen-bond acceptors (Lipinski definition) is 5. The van der Waals surface area contributed by atoms with E-state index in [0.29, 0.717) is 35.7 Å². The van der Waals surface area contributed by atoms with Crippen molar-refractivity contribution in [2.24, 2.45) is 0 Å². The van der Waals surface area contributed by atoms with Gasteiger partial charge in [0.1, 0.15) is 0 Å². The van der Waals surface area contributed by atoms with E-state index in [2.05, 4.69) is 15.6 Å². The Bertz CT molecular complexity index is 1250. The Balaban J connectivity index is 1.50. The summed E-state index contributed by atoms with van der Waals surface area (Å²) >= 11 is 6.02. The summed E-state index contributed by atoms with van der Waals surface area (Å²) < 4.78 is 27.1. The lowest BCUT2D eigenvalue weighted by molar-refractivity contribution is -0.121. The Hall–Kier alpha value is -2.68. The van der Waals surface area contributed by atoms with Crippen LogP contribution in [0.2, 0.25) is 5.02 Å². The first-order valence-electron chi connectivity index (χ1n) is 10.7. The van der Waals surface area contributed by atoms with Gasteiger partial charge in [0.25, 0.3) is 0 Å². The molecule has 0 aliphatic rings. The molecule has 0 spiro atoms. The molecule has 1 heterocycles. The van der Waals surface area contributed by atoms with E-state index in [1.165, 1.54) is 7.05 Å². The van der Waals surface area contributed by atoms with Gasteiger partial charge < -0.3 is 10.6 Å². The molecule has 0 radical (unpaired) electrons. The van der Waals surface area contributed by atoms with Gasteiger partial charge in [0, 0.05) is 42.4 Å². The van der Waals surface area contributed by atoms with Crippen LogP contribution in [-0.2, 0) is 14.8 Å². The fourth-order valence-corrected chi connectivity index (χ4v) is 5.58. The Labute approximate surface area is 200 Å². The Kier molecular flexibility index (Phi) is 7.94. The van der Waals surface area contributed by atoms with Crippen LogP contribution >= 0.6 is 11.6 Å². The van der Waals surface area contributed by atoms with E-state index in [9.17, 15) is 13.2 Å². The van der Waals surface area contributed by atoms with E-state index in [-0.39, 0.29) is 17.3 Å². The van der Waals surface area contributed by atoms with Crippen LogP contribution in [-0.4, -0.2) is 50.3 Å². The number of benzene rings is 2. The van der Waals surface area contributed by atoms with Gasteiger partial charge in [0.05, 0.1) is 17.0 Å². The molecule has 0 saturated heterocycles. The minimum absolute atomic E-state index is 0.238. The van der Waals surface area contributed by atoms with Crippen LogP contribution in [0.25, 0.3) is 10.9 Å². The third kappa shape index (κ3) is 6.01. The number of nitrogens with one attached hydrogen (secondary N) is 2. The summed E-state index contributed by atoms with van der Waals surface area (Å²) in [6.07, 6.45) is 2.40. The first-order valence-corrected chi connectivity index (χ1v) is 12.5. The molecular weight excluding hydrogens is 460 g/mol. The second-order valence-corrected chi connectivity index (χ2v) is 10.6. The summed E-state index contributed by atoms with van der Waals surface area (Å²) in [4.78, 5) is 16.9. The molecule has 0 saturated carbocycles. The van der Waals surface area contributed by atoms with Crippen molar-refractivity contribution in [3.05, 3.63) is 64.3 Å². The molecular formula is C24H29ClN4O3S. The van der Waals surface area contributed by atoms with Crippen LogP contribution in [0.4, 0.5) is 5.69 Å². The highest BCUT2D eigenvalue weighted by Gasteiger charge is 2.26. The second-order valence-electron chi connectivity index (χ2n) is 8.14. The average molecular weight is 489 g/mol. The van der Waals surface area contributed by atoms with E-state index in [0.717, 1.165) is 26.5 Å². The normalized spacial score (nSPS) is 11.7. The smallest absolute Gasteiger partial charge is 0.243 e. The molecule has 3 rings (SSSR count). The van der Waals surface area contributed by atoms with Gasteiger partial charge in [-0.25, -0.2) is 8.42 Å². The van der Waals surface area contributed by atoms with Gasteiger partial charge in [-0.15, -0.1) is 0 Å². The first kappa shape index (κ1) is 25.0. The van der Waals surface area contributed by atoms with Crippen molar-refractivity contribution in [2.75, 3.05) is 32.0 Å². The van der Waals surface area contributed by atoms with E-state index in [1.54, 1.807) is 20.0 Å². The molecule has 3 aromatic rings. The Morgan fingerprint density at radius 3 is 2.45 bits per heavy atom. The molecule has 33 heavy (non-hydrogen) atoms. The summed E-state index contributed by atoms with van der Waals surface area (Å²) in [6, 6.07) is 11.1. The van der Waals surface area contributed by atoms with E-state index in [4.69, 9.17) is 11.6 Å². The van der Waals surface area contributed by atoms with E-state index < -0.39 is 10.0 Å². The monoisotopic (exact) mass is 488 g/mol. The Morgan fingerprint density at radius 1 is 1.06 bits per heavy atom. The zero-order valence-corrected chi connectivity index (χ0v) is 20.8. The van der Waals surface area contributed by atoms with Gasteiger partial charge in [-0.3, -0.25) is 9.78 Å². The van der Waals surface area contributed by atoms with Crippen LogP contribution in [0.15, 0.2) is 47.5 Å². The molecule has 7 nitrogen and oxygen atoms in total. The number of amides is 1. The quantitative estimate of drug-likeness (QED) is 0.443. The number of carbonyl (C=O) groups is 1. The van der Waals surface area contributed by atoms with Crippen LogP contribution in [0.3, 0.4) is 0 Å². The molecule has 0 unspecified atom stereocenters. The fraction of sp³-hybridized carbons (Fsp3) is 0.333. The highest BCUT2D eigenvalue weighted by molar-refractivity contribution is 7.89. The van der Waals surface area contributed by atoms with Gasteiger partial charge in [-0.1, -0.05) is 29.3 Å². The number of halogens is 1. The average Bonchev–Trinajstić information content (AvgIpc) is 2.72. The number of hydrogen-bond donors (Lipinski definition) is 2. The van der Waals surface area contributed by atoms with Crippen molar-refractivity contribution in [2.45, 2.75) is 32.1 Å². The number of nitrogens with zero attached hydrogens (tertiary/aromatic N) is 2. The molecule has 1 amide bonds. The number of rotatable bonds is 9. The Morgan fingerprint density at radius 2 is 1.76 bits per heavy atom. The second kappa shape index (κ2) is 10.5. The van der Waals surface area contributed by atoms with Gasteiger partial charge >= 0.3 is 0 Å². The molecule has 2 N–H and O–H groups in total. The lowest BCUT2D eigenvalue weighted by Crippen LogP contribution is -2.39. The van der Waals surface area contributed by atoms with Crippen LogP contribution in [0.5, 0.6) is 0 Å². The van der Waals surface area contributed by atoms with Crippen molar-refractivity contribution < 1.29 is 13.2 Å². The van der Waals surface area contributed by atoms with Gasteiger partial charge in [-0.2, -0.15) is 4.31 Å². The first-order chi connectivity index (χ1) is 15.6. The van der Waals surface area contributed by atoms with Crippen LogP contribution in [0, 0.1) is 20.8 Å². The third-order valence-electron chi connectivity index (χ3n) is 5.34. The summed E-state index contributed by atoms with van der Waals surface area (Å²) in [6.45, 7) is 6.30. The topological polar surface area (TPSA) is 91.4 Å². The van der Waals surface area contributed by atoms with Crippen molar-refractivity contribution in [3.8, 4) is 0 Å². The number of pyridine rings is 1. The maximum absolute atomic E-state index is 13.0.